The predicted octanol–water partition coefficient (Wildman–Crippen LogP) is 1.28. The quantitative estimate of drug-likeness (QED) is 0.922. The molecule has 1 N–H and O–H groups in total. The summed E-state index contributed by atoms with van der Waals surface area (Å²) in [5.74, 6) is 1.91. The number of nitrogens with zero attached hydrogens (tertiary/aromatic N) is 5. The molecule has 0 radical (unpaired) electrons. The lowest BCUT2D eigenvalue weighted by Crippen LogP contribution is -2.32. The van der Waals surface area contributed by atoms with Crippen LogP contribution in [0.4, 0.5) is 5.82 Å². The number of hydrogen-bond acceptors (Lipinski definition) is 6. The molecule has 1 unspecified atom stereocenters. The maximum atomic E-state index is 4.92. The fourth-order valence-corrected chi connectivity index (χ4v) is 3.40. The van der Waals surface area contributed by atoms with Crippen LogP contribution in [-0.2, 0) is 13.1 Å². The van der Waals surface area contributed by atoms with Crippen molar-refractivity contribution in [3.05, 3.63) is 35.8 Å². The van der Waals surface area contributed by atoms with Crippen molar-refractivity contribution in [3.63, 3.8) is 0 Å². The molecule has 1 saturated heterocycles. The summed E-state index contributed by atoms with van der Waals surface area (Å²) >= 11 is 0. The van der Waals surface area contributed by atoms with Crippen LogP contribution in [0, 0.1) is 0 Å². The van der Waals surface area contributed by atoms with Gasteiger partial charge in [-0.05, 0) is 32.6 Å². The first-order chi connectivity index (χ1) is 11.2. The molecule has 2 aliphatic heterocycles. The predicted molar refractivity (Wildman–Crippen MR) is 90.1 cm³/mol. The molecule has 2 aliphatic rings. The van der Waals surface area contributed by atoms with Crippen LogP contribution in [0.1, 0.15) is 17.7 Å². The lowest BCUT2D eigenvalue weighted by molar-refractivity contribution is 0.315. The molecular weight excluding hydrogens is 288 g/mol. The van der Waals surface area contributed by atoms with Gasteiger partial charge in [-0.1, -0.05) is 0 Å². The second-order valence-electron chi connectivity index (χ2n) is 6.49. The Labute approximate surface area is 136 Å². The van der Waals surface area contributed by atoms with Crippen LogP contribution < -0.4 is 10.2 Å². The molecule has 120 valence electrons. The van der Waals surface area contributed by atoms with Gasteiger partial charge in [0.15, 0.2) is 5.82 Å². The number of anilines is 1. The fourth-order valence-electron chi connectivity index (χ4n) is 3.40. The van der Waals surface area contributed by atoms with Crippen molar-refractivity contribution in [2.45, 2.75) is 25.6 Å². The van der Waals surface area contributed by atoms with E-state index in [0.29, 0.717) is 6.04 Å². The molecule has 2 aromatic heterocycles. The van der Waals surface area contributed by atoms with Crippen LogP contribution in [0.5, 0.6) is 0 Å². The number of likely N-dealkylation sites (N-methyl/N-ethyl adjacent to an activating group) is 1. The van der Waals surface area contributed by atoms with E-state index in [2.05, 4.69) is 34.2 Å². The Kier molecular flexibility index (Phi) is 3.71. The van der Waals surface area contributed by atoms with Crippen molar-refractivity contribution in [3.8, 4) is 11.4 Å². The van der Waals surface area contributed by atoms with Crippen LogP contribution in [0.15, 0.2) is 24.5 Å². The van der Waals surface area contributed by atoms with E-state index in [1.54, 1.807) is 12.4 Å². The lowest BCUT2D eigenvalue weighted by Gasteiger charge is -2.23. The van der Waals surface area contributed by atoms with Gasteiger partial charge in [0.2, 0.25) is 0 Å². The first-order valence-electron chi connectivity index (χ1n) is 8.14. The molecule has 4 rings (SSSR count). The normalized spacial score (nSPS) is 20.3. The summed E-state index contributed by atoms with van der Waals surface area (Å²) < 4.78 is 0. The minimum absolute atomic E-state index is 0.597. The molecule has 0 bridgehead atoms. The Bertz CT molecular complexity index is 700. The second-order valence-corrected chi connectivity index (χ2v) is 6.49. The van der Waals surface area contributed by atoms with E-state index in [4.69, 9.17) is 9.97 Å². The zero-order chi connectivity index (χ0) is 15.8. The van der Waals surface area contributed by atoms with Gasteiger partial charge in [-0.25, -0.2) is 9.97 Å². The molecular formula is C17H22N6. The van der Waals surface area contributed by atoms with Crippen LogP contribution >= 0.6 is 0 Å². The number of aromatic nitrogens is 3. The van der Waals surface area contributed by atoms with E-state index in [-0.39, 0.29) is 0 Å². The Morgan fingerprint density at radius 3 is 2.74 bits per heavy atom. The first kappa shape index (κ1) is 14.5. The van der Waals surface area contributed by atoms with Gasteiger partial charge >= 0.3 is 0 Å². The van der Waals surface area contributed by atoms with E-state index in [1.807, 2.05) is 12.1 Å². The number of nitrogens with one attached hydrogen (secondary N) is 1. The van der Waals surface area contributed by atoms with Gasteiger partial charge in [0, 0.05) is 55.7 Å². The summed E-state index contributed by atoms with van der Waals surface area (Å²) in [7, 11) is 4.31. The highest BCUT2D eigenvalue weighted by Gasteiger charge is 2.29. The van der Waals surface area contributed by atoms with E-state index in [0.717, 1.165) is 49.1 Å². The highest BCUT2D eigenvalue weighted by molar-refractivity contribution is 5.61. The van der Waals surface area contributed by atoms with E-state index in [1.165, 1.54) is 12.0 Å². The van der Waals surface area contributed by atoms with Gasteiger partial charge in [-0.3, -0.25) is 4.98 Å². The standard InChI is InChI=1S/C17H22N6/c1-22(2)13-5-8-23(11-13)17-14-9-19-10-15(14)20-16(21-17)12-3-6-18-7-4-12/h3-4,6-7,13,19H,5,8-11H2,1-2H3. The zero-order valence-electron chi connectivity index (χ0n) is 13.7. The zero-order valence-corrected chi connectivity index (χ0v) is 13.7. The van der Waals surface area contributed by atoms with Crippen molar-refractivity contribution in [2.75, 3.05) is 32.1 Å². The molecule has 6 nitrogen and oxygen atoms in total. The summed E-state index contributed by atoms with van der Waals surface area (Å²) in [5, 5.41) is 3.41. The molecule has 0 amide bonds. The Hall–Kier alpha value is -2.05. The van der Waals surface area contributed by atoms with Crippen molar-refractivity contribution in [1.82, 2.24) is 25.2 Å². The Morgan fingerprint density at radius 1 is 1.17 bits per heavy atom. The van der Waals surface area contributed by atoms with Crippen molar-refractivity contribution in [1.29, 1.82) is 0 Å². The van der Waals surface area contributed by atoms with Crippen LogP contribution in [-0.4, -0.2) is 53.1 Å². The largest absolute Gasteiger partial charge is 0.355 e. The molecule has 0 spiro atoms. The van der Waals surface area contributed by atoms with E-state index < -0.39 is 0 Å². The molecule has 0 aromatic carbocycles. The number of pyridine rings is 1. The first-order valence-corrected chi connectivity index (χ1v) is 8.14. The van der Waals surface area contributed by atoms with Crippen molar-refractivity contribution >= 4 is 5.82 Å². The SMILES string of the molecule is CN(C)C1CCN(c2nc(-c3ccncc3)nc3c2CNC3)C1. The maximum Gasteiger partial charge on any atom is 0.161 e. The number of fused-ring (bicyclic) bond motifs is 1. The molecule has 1 fully saturated rings. The van der Waals surface area contributed by atoms with Gasteiger partial charge < -0.3 is 15.1 Å². The average molecular weight is 310 g/mol. The second kappa shape index (κ2) is 5.86. The summed E-state index contributed by atoms with van der Waals surface area (Å²) in [5.41, 5.74) is 3.43. The molecule has 0 aliphatic carbocycles. The summed E-state index contributed by atoms with van der Waals surface area (Å²) in [6.07, 6.45) is 4.77. The van der Waals surface area contributed by atoms with Gasteiger partial charge in [-0.2, -0.15) is 0 Å². The summed E-state index contributed by atoms with van der Waals surface area (Å²) in [4.78, 5) is 18.5. The van der Waals surface area contributed by atoms with Gasteiger partial charge in [-0.15, -0.1) is 0 Å². The molecule has 4 heterocycles. The monoisotopic (exact) mass is 310 g/mol. The summed E-state index contributed by atoms with van der Waals surface area (Å²) in [6, 6.07) is 4.54. The lowest BCUT2D eigenvalue weighted by atomic mass is 10.2. The van der Waals surface area contributed by atoms with Gasteiger partial charge in [0.05, 0.1) is 5.69 Å². The minimum Gasteiger partial charge on any atom is -0.355 e. The number of rotatable bonds is 3. The Morgan fingerprint density at radius 2 is 2.00 bits per heavy atom. The van der Waals surface area contributed by atoms with Gasteiger partial charge in [0.25, 0.3) is 0 Å². The van der Waals surface area contributed by atoms with E-state index in [9.17, 15) is 0 Å². The van der Waals surface area contributed by atoms with Crippen molar-refractivity contribution < 1.29 is 0 Å². The Balaban J connectivity index is 1.73. The topological polar surface area (TPSA) is 57.2 Å². The third-order valence-corrected chi connectivity index (χ3v) is 4.80. The van der Waals surface area contributed by atoms with Crippen LogP contribution in [0.2, 0.25) is 0 Å². The van der Waals surface area contributed by atoms with Crippen molar-refractivity contribution in [2.24, 2.45) is 0 Å². The molecule has 1 atom stereocenters. The highest BCUT2D eigenvalue weighted by Crippen LogP contribution is 2.30. The minimum atomic E-state index is 0.597. The summed E-state index contributed by atoms with van der Waals surface area (Å²) in [6.45, 7) is 3.78. The smallest absolute Gasteiger partial charge is 0.161 e. The third-order valence-electron chi connectivity index (χ3n) is 4.80. The molecule has 23 heavy (non-hydrogen) atoms. The molecule has 6 heteroatoms. The third kappa shape index (κ3) is 2.68. The molecule has 2 aromatic rings. The molecule has 0 saturated carbocycles. The van der Waals surface area contributed by atoms with E-state index >= 15 is 0 Å². The van der Waals surface area contributed by atoms with Crippen LogP contribution in [0.25, 0.3) is 11.4 Å². The van der Waals surface area contributed by atoms with Gasteiger partial charge in [0.1, 0.15) is 5.82 Å². The number of hydrogen-bond donors (Lipinski definition) is 1. The average Bonchev–Trinajstić information content (AvgIpc) is 3.24. The highest BCUT2D eigenvalue weighted by atomic mass is 15.3. The maximum absolute atomic E-state index is 4.92. The fraction of sp³-hybridized carbons (Fsp3) is 0.471. The van der Waals surface area contributed by atoms with Crippen LogP contribution in [0.3, 0.4) is 0 Å².